The van der Waals surface area contributed by atoms with Gasteiger partial charge in [0.05, 0.1) is 18.0 Å². The second kappa shape index (κ2) is 7.76. The molecule has 1 atom stereocenters. The molecule has 116 valence electrons. The van der Waals surface area contributed by atoms with Crippen molar-refractivity contribution in [1.29, 1.82) is 0 Å². The summed E-state index contributed by atoms with van der Waals surface area (Å²) in [5, 5.41) is 0. The van der Waals surface area contributed by atoms with Crippen molar-refractivity contribution < 1.29 is 9.53 Å². The minimum atomic E-state index is -0.0294. The van der Waals surface area contributed by atoms with Gasteiger partial charge < -0.3 is 9.64 Å². The number of hydrogen-bond donors (Lipinski definition) is 0. The second-order valence-electron chi connectivity index (χ2n) is 6.33. The van der Waals surface area contributed by atoms with Crippen LogP contribution < -0.4 is 0 Å². The van der Waals surface area contributed by atoms with E-state index < -0.39 is 0 Å². The molecule has 2 heterocycles. The SMILES string of the molecule is CC(C)C(Br)C(=O)N1CCC(CN2CCOCC2)CC1. The summed E-state index contributed by atoms with van der Waals surface area (Å²) in [6.45, 7) is 11.1. The number of carbonyl (C=O) groups is 1. The van der Waals surface area contributed by atoms with Crippen molar-refractivity contribution in [2.45, 2.75) is 31.5 Å². The quantitative estimate of drug-likeness (QED) is 0.729. The van der Waals surface area contributed by atoms with Crippen LogP contribution in [0.3, 0.4) is 0 Å². The lowest BCUT2D eigenvalue weighted by molar-refractivity contribution is -0.132. The van der Waals surface area contributed by atoms with E-state index >= 15 is 0 Å². The van der Waals surface area contributed by atoms with Crippen molar-refractivity contribution in [1.82, 2.24) is 9.80 Å². The van der Waals surface area contributed by atoms with E-state index in [1.54, 1.807) is 0 Å². The molecule has 0 saturated carbocycles. The summed E-state index contributed by atoms with van der Waals surface area (Å²) in [5.74, 6) is 1.36. The Morgan fingerprint density at radius 2 is 1.80 bits per heavy atom. The molecule has 5 heteroatoms. The third kappa shape index (κ3) is 4.43. The summed E-state index contributed by atoms with van der Waals surface area (Å²) in [4.78, 5) is 16.8. The number of morpholine rings is 1. The maximum atomic E-state index is 12.3. The molecule has 2 aliphatic rings. The maximum absolute atomic E-state index is 12.3. The van der Waals surface area contributed by atoms with Gasteiger partial charge in [-0.3, -0.25) is 9.69 Å². The zero-order valence-electron chi connectivity index (χ0n) is 12.7. The average molecular weight is 347 g/mol. The fourth-order valence-electron chi connectivity index (χ4n) is 2.94. The largest absolute Gasteiger partial charge is 0.379 e. The van der Waals surface area contributed by atoms with Gasteiger partial charge in [0.2, 0.25) is 5.91 Å². The molecule has 1 unspecified atom stereocenters. The number of alkyl halides is 1. The molecule has 2 rings (SSSR count). The van der Waals surface area contributed by atoms with E-state index in [1.807, 2.05) is 4.90 Å². The van der Waals surface area contributed by atoms with E-state index in [4.69, 9.17) is 4.74 Å². The van der Waals surface area contributed by atoms with E-state index in [1.165, 1.54) is 6.54 Å². The zero-order valence-corrected chi connectivity index (χ0v) is 14.3. The highest BCUT2D eigenvalue weighted by atomic mass is 79.9. The van der Waals surface area contributed by atoms with Crippen LogP contribution in [0.5, 0.6) is 0 Å². The van der Waals surface area contributed by atoms with Gasteiger partial charge in [0.1, 0.15) is 0 Å². The highest BCUT2D eigenvalue weighted by molar-refractivity contribution is 9.10. The summed E-state index contributed by atoms with van der Waals surface area (Å²) in [7, 11) is 0. The second-order valence-corrected chi connectivity index (χ2v) is 7.31. The lowest BCUT2D eigenvalue weighted by atomic mass is 9.95. The highest BCUT2D eigenvalue weighted by Crippen LogP contribution is 2.22. The van der Waals surface area contributed by atoms with E-state index in [0.717, 1.165) is 58.2 Å². The molecule has 2 saturated heterocycles. The Hall–Kier alpha value is -0.130. The number of halogens is 1. The number of rotatable bonds is 4. The van der Waals surface area contributed by atoms with Crippen molar-refractivity contribution in [2.75, 3.05) is 45.9 Å². The van der Waals surface area contributed by atoms with Crippen LogP contribution in [-0.2, 0) is 9.53 Å². The number of nitrogens with zero attached hydrogens (tertiary/aromatic N) is 2. The summed E-state index contributed by atoms with van der Waals surface area (Å²) in [6.07, 6.45) is 2.28. The van der Waals surface area contributed by atoms with E-state index in [9.17, 15) is 4.79 Å². The lowest BCUT2D eigenvalue weighted by Crippen LogP contribution is -2.46. The average Bonchev–Trinajstić information content (AvgIpc) is 2.47. The topological polar surface area (TPSA) is 32.8 Å². The molecular weight excluding hydrogens is 320 g/mol. The summed E-state index contributed by atoms with van der Waals surface area (Å²) in [5.41, 5.74) is 0. The summed E-state index contributed by atoms with van der Waals surface area (Å²) >= 11 is 3.52. The van der Waals surface area contributed by atoms with E-state index in [-0.39, 0.29) is 10.7 Å². The minimum Gasteiger partial charge on any atom is -0.379 e. The van der Waals surface area contributed by atoms with Gasteiger partial charge in [0, 0.05) is 32.7 Å². The predicted molar refractivity (Wildman–Crippen MR) is 84.1 cm³/mol. The van der Waals surface area contributed by atoms with Gasteiger partial charge in [0.25, 0.3) is 0 Å². The van der Waals surface area contributed by atoms with Gasteiger partial charge in [-0.2, -0.15) is 0 Å². The maximum Gasteiger partial charge on any atom is 0.236 e. The first-order valence-corrected chi connectivity index (χ1v) is 8.72. The standard InChI is InChI=1S/C15H27BrN2O2/c1-12(2)14(16)15(19)18-5-3-13(4-6-18)11-17-7-9-20-10-8-17/h12-14H,3-11H2,1-2H3. The predicted octanol–water partition coefficient (Wildman–Crippen LogP) is 1.98. The molecule has 2 fully saturated rings. The number of amides is 1. The Kier molecular flexibility index (Phi) is 6.30. The van der Waals surface area contributed by atoms with Crippen molar-refractivity contribution in [2.24, 2.45) is 11.8 Å². The summed E-state index contributed by atoms with van der Waals surface area (Å²) in [6, 6.07) is 0. The number of carbonyl (C=O) groups excluding carboxylic acids is 1. The van der Waals surface area contributed by atoms with Crippen LogP contribution in [0.4, 0.5) is 0 Å². The molecule has 20 heavy (non-hydrogen) atoms. The third-order valence-corrected chi connectivity index (χ3v) is 5.82. The molecule has 0 N–H and O–H groups in total. The zero-order chi connectivity index (χ0) is 14.5. The molecule has 0 aromatic carbocycles. The number of piperidine rings is 1. The van der Waals surface area contributed by atoms with Crippen LogP contribution in [0.15, 0.2) is 0 Å². The normalized spacial score (nSPS) is 24.1. The monoisotopic (exact) mass is 346 g/mol. The fourth-order valence-corrected chi connectivity index (χ4v) is 3.23. The summed E-state index contributed by atoms with van der Waals surface area (Å²) < 4.78 is 5.39. The van der Waals surface area contributed by atoms with Gasteiger partial charge in [-0.1, -0.05) is 29.8 Å². The molecule has 2 aliphatic heterocycles. The van der Waals surface area contributed by atoms with Crippen LogP contribution in [-0.4, -0.2) is 66.5 Å². The Morgan fingerprint density at radius 3 is 2.35 bits per heavy atom. The lowest BCUT2D eigenvalue weighted by Gasteiger charge is -2.37. The van der Waals surface area contributed by atoms with Gasteiger partial charge >= 0.3 is 0 Å². The smallest absolute Gasteiger partial charge is 0.236 e. The molecule has 4 nitrogen and oxygen atoms in total. The minimum absolute atomic E-state index is 0.0294. The number of hydrogen-bond acceptors (Lipinski definition) is 3. The van der Waals surface area contributed by atoms with Crippen molar-refractivity contribution in [3.8, 4) is 0 Å². The Balaban J connectivity index is 1.73. The first-order valence-electron chi connectivity index (χ1n) is 7.81. The van der Waals surface area contributed by atoms with Crippen LogP contribution in [0.1, 0.15) is 26.7 Å². The molecule has 0 bridgehead atoms. The van der Waals surface area contributed by atoms with Crippen molar-refractivity contribution >= 4 is 21.8 Å². The number of likely N-dealkylation sites (tertiary alicyclic amines) is 1. The van der Waals surface area contributed by atoms with Crippen LogP contribution in [0.2, 0.25) is 0 Å². The molecule has 0 aliphatic carbocycles. The highest BCUT2D eigenvalue weighted by Gasteiger charge is 2.29. The van der Waals surface area contributed by atoms with Gasteiger partial charge in [-0.15, -0.1) is 0 Å². The van der Waals surface area contributed by atoms with Crippen LogP contribution >= 0.6 is 15.9 Å². The molecular formula is C15H27BrN2O2. The van der Waals surface area contributed by atoms with E-state index in [2.05, 4.69) is 34.7 Å². The molecule has 0 spiro atoms. The Bertz CT molecular complexity index is 311. The third-order valence-electron chi connectivity index (χ3n) is 4.37. The van der Waals surface area contributed by atoms with Gasteiger partial charge in [-0.25, -0.2) is 0 Å². The molecule has 0 aromatic heterocycles. The first-order chi connectivity index (χ1) is 9.58. The fraction of sp³-hybridized carbons (Fsp3) is 0.933. The van der Waals surface area contributed by atoms with Crippen LogP contribution in [0.25, 0.3) is 0 Å². The Morgan fingerprint density at radius 1 is 1.20 bits per heavy atom. The van der Waals surface area contributed by atoms with Gasteiger partial charge in [-0.05, 0) is 24.7 Å². The van der Waals surface area contributed by atoms with Crippen molar-refractivity contribution in [3.05, 3.63) is 0 Å². The van der Waals surface area contributed by atoms with Crippen LogP contribution in [0, 0.1) is 11.8 Å². The molecule has 0 radical (unpaired) electrons. The molecule has 0 aromatic rings. The van der Waals surface area contributed by atoms with E-state index in [0.29, 0.717) is 5.92 Å². The van der Waals surface area contributed by atoms with Crippen molar-refractivity contribution in [3.63, 3.8) is 0 Å². The molecule has 1 amide bonds. The van der Waals surface area contributed by atoms with Gasteiger partial charge in [0.15, 0.2) is 0 Å². The Labute approximate surface area is 130 Å². The first kappa shape index (κ1) is 16.2. The number of ether oxygens (including phenoxy) is 1.